The van der Waals surface area contributed by atoms with Crippen LogP contribution in [-0.4, -0.2) is 82.8 Å². The van der Waals surface area contributed by atoms with E-state index in [2.05, 4.69) is 15.3 Å². The van der Waals surface area contributed by atoms with Crippen molar-refractivity contribution >= 4 is 12.0 Å². The van der Waals surface area contributed by atoms with E-state index >= 15 is 0 Å². The van der Waals surface area contributed by atoms with Crippen LogP contribution in [0.5, 0.6) is 0 Å². The zero-order valence-electron chi connectivity index (χ0n) is 13.2. The van der Waals surface area contributed by atoms with E-state index in [1.54, 1.807) is 6.34 Å². The van der Waals surface area contributed by atoms with E-state index in [4.69, 9.17) is 9.15 Å². The summed E-state index contributed by atoms with van der Waals surface area (Å²) in [7, 11) is 0. The zero-order chi connectivity index (χ0) is 16.7. The second-order valence-corrected chi connectivity index (χ2v) is 6.27. The molecule has 4 rings (SSSR count). The Hall–Kier alpha value is -1.49. The van der Waals surface area contributed by atoms with Gasteiger partial charge in [0, 0.05) is 31.7 Å². The molecule has 9 heteroatoms. The van der Waals surface area contributed by atoms with Crippen LogP contribution in [-0.2, 0) is 11.3 Å². The zero-order valence-corrected chi connectivity index (χ0v) is 13.2. The van der Waals surface area contributed by atoms with Gasteiger partial charge < -0.3 is 29.8 Å². The third kappa shape index (κ3) is 2.63. The van der Waals surface area contributed by atoms with Crippen molar-refractivity contribution < 1.29 is 24.5 Å². The van der Waals surface area contributed by atoms with Crippen LogP contribution in [0.4, 0.5) is 5.69 Å². The largest absolute Gasteiger partial charge is 0.465 e. The quantitative estimate of drug-likeness (QED) is 0.539. The number of aliphatic imine (C=N–C) groups is 1. The van der Waals surface area contributed by atoms with Gasteiger partial charge in [-0.3, -0.25) is 5.01 Å². The van der Waals surface area contributed by atoms with Gasteiger partial charge in [0.2, 0.25) is 0 Å². The lowest BCUT2D eigenvalue weighted by Gasteiger charge is -2.37. The summed E-state index contributed by atoms with van der Waals surface area (Å²) in [6.07, 6.45) is -0.536. The van der Waals surface area contributed by atoms with Crippen molar-refractivity contribution in [3.63, 3.8) is 0 Å². The molecule has 0 unspecified atom stereocenters. The molecule has 9 nitrogen and oxygen atoms in total. The number of aliphatic hydroxyl groups is 3. The third-order valence-corrected chi connectivity index (χ3v) is 4.80. The minimum Gasteiger partial charge on any atom is -0.465 e. The third-order valence-electron chi connectivity index (χ3n) is 4.80. The minimum atomic E-state index is -1.13. The Morgan fingerprint density at radius 3 is 2.75 bits per heavy atom. The van der Waals surface area contributed by atoms with E-state index in [0.717, 1.165) is 26.2 Å². The lowest BCUT2D eigenvalue weighted by molar-refractivity contribution is -0.0227. The van der Waals surface area contributed by atoms with E-state index in [0.29, 0.717) is 23.6 Å². The number of hydrogen-bond acceptors (Lipinski definition) is 9. The Labute approximate surface area is 139 Å². The molecule has 0 spiro atoms. The summed E-state index contributed by atoms with van der Waals surface area (Å²) in [6.45, 7) is 3.89. The highest BCUT2D eigenvalue weighted by Gasteiger charge is 2.45. The lowest BCUT2D eigenvalue weighted by Crippen LogP contribution is -2.52. The van der Waals surface area contributed by atoms with Crippen LogP contribution in [0.15, 0.2) is 15.7 Å². The maximum Gasteiger partial charge on any atom is 0.150 e. The fraction of sp³-hybridized carbons (Fsp3) is 0.667. The highest BCUT2D eigenvalue weighted by atomic mass is 16.6. The molecular weight excluding hydrogens is 316 g/mol. The summed E-state index contributed by atoms with van der Waals surface area (Å²) >= 11 is 0. The first-order chi connectivity index (χ1) is 11.7. The lowest BCUT2D eigenvalue weighted by atomic mass is 10.0. The van der Waals surface area contributed by atoms with Gasteiger partial charge in [-0.05, 0) is 0 Å². The number of fused-ring (bicyclic) bond motifs is 1. The van der Waals surface area contributed by atoms with Gasteiger partial charge in [0.25, 0.3) is 0 Å². The molecule has 24 heavy (non-hydrogen) atoms. The van der Waals surface area contributed by atoms with Crippen LogP contribution in [0.1, 0.15) is 17.4 Å². The van der Waals surface area contributed by atoms with Gasteiger partial charge in [-0.1, -0.05) is 0 Å². The molecule has 1 aromatic heterocycles. The van der Waals surface area contributed by atoms with Crippen molar-refractivity contribution in [3.05, 3.63) is 17.6 Å². The van der Waals surface area contributed by atoms with Crippen LogP contribution in [0, 0.1) is 0 Å². The number of hydrazine groups is 1. The first kappa shape index (κ1) is 16.0. The van der Waals surface area contributed by atoms with Crippen molar-refractivity contribution in [2.45, 2.75) is 31.0 Å². The second kappa shape index (κ2) is 6.43. The van der Waals surface area contributed by atoms with Gasteiger partial charge in [0.05, 0.1) is 19.4 Å². The van der Waals surface area contributed by atoms with Crippen LogP contribution in [0.3, 0.4) is 0 Å². The Kier molecular flexibility index (Phi) is 4.29. The second-order valence-electron chi connectivity index (χ2n) is 6.27. The van der Waals surface area contributed by atoms with Crippen molar-refractivity contribution in [2.24, 2.45) is 4.99 Å². The van der Waals surface area contributed by atoms with Crippen molar-refractivity contribution in [1.29, 1.82) is 0 Å². The summed E-state index contributed by atoms with van der Waals surface area (Å²) in [5, 5.41) is 36.9. The number of rotatable bonds is 3. The molecule has 0 bridgehead atoms. The van der Waals surface area contributed by atoms with Crippen molar-refractivity contribution in [3.8, 4) is 0 Å². The van der Waals surface area contributed by atoms with Gasteiger partial charge in [-0.25, -0.2) is 10.0 Å². The predicted octanol–water partition coefficient (Wildman–Crippen LogP) is -1.27. The molecule has 0 radical (unpaired) electrons. The van der Waals surface area contributed by atoms with Gasteiger partial charge in [-0.2, -0.15) is 0 Å². The van der Waals surface area contributed by atoms with E-state index in [9.17, 15) is 15.3 Å². The molecular formula is C15H22N4O5. The summed E-state index contributed by atoms with van der Waals surface area (Å²) in [5.41, 5.74) is 1.24. The molecule has 3 aliphatic rings. The van der Waals surface area contributed by atoms with E-state index in [1.807, 2.05) is 5.01 Å². The Balaban J connectivity index is 1.53. The normalized spacial score (nSPS) is 33.9. The molecule has 0 saturated carbocycles. The average Bonchev–Trinajstić information content (AvgIpc) is 3.17. The number of ether oxygens (including phenoxy) is 1. The van der Waals surface area contributed by atoms with Crippen LogP contribution in [0.2, 0.25) is 0 Å². The van der Waals surface area contributed by atoms with Gasteiger partial charge in [-0.15, -0.1) is 0 Å². The summed E-state index contributed by atoms with van der Waals surface area (Å²) in [6, 6.07) is 0. The van der Waals surface area contributed by atoms with Crippen LogP contribution < -0.4 is 5.32 Å². The number of piperazine rings is 1. The molecule has 4 atom stereocenters. The summed E-state index contributed by atoms with van der Waals surface area (Å²) < 4.78 is 11.2. The predicted molar refractivity (Wildman–Crippen MR) is 83.6 cm³/mol. The molecule has 1 aromatic rings. The topological polar surface area (TPSA) is 114 Å². The molecule has 0 amide bonds. The van der Waals surface area contributed by atoms with Crippen LogP contribution >= 0.6 is 0 Å². The number of furan rings is 1. The van der Waals surface area contributed by atoms with E-state index in [-0.39, 0.29) is 6.61 Å². The van der Waals surface area contributed by atoms with Gasteiger partial charge in [0.15, 0.2) is 5.76 Å². The van der Waals surface area contributed by atoms with E-state index < -0.39 is 24.4 Å². The first-order valence-electron chi connectivity index (χ1n) is 8.18. The molecule has 2 saturated heterocycles. The maximum absolute atomic E-state index is 10.2. The molecule has 0 aliphatic carbocycles. The summed E-state index contributed by atoms with van der Waals surface area (Å²) in [5.74, 6) is 0.698. The monoisotopic (exact) mass is 338 g/mol. The van der Waals surface area contributed by atoms with Gasteiger partial charge >= 0.3 is 0 Å². The molecule has 2 fully saturated rings. The average molecular weight is 338 g/mol. The maximum atomic E-state index is 10.2. The summed E-state index contributed by atoms with van der Waals surface area (Å²) in [4.78, 5) is 4.47. The minimum absolute atomic E-state index is 0.352. The Morgan fingerprint density at radius 2 is 2.04 bits per heavy atom. The Morgan fingerprint density at radius 1 is 1.25 bits per heavy atom. The molecule has 4 heterocycles. The highest BCUT2D eigenvalue weighted by Crippen LogP contribution is 2.42. The molecule has 0 aromatic carbocycles. The van der Waals surface area contributed by atoms with Gasteiger partial charge in [0.1, 0.15) is 36.4 Å². The Bertz CT molecular complexity index is 615. The molecule has 4 N–H and O–H groups in total. The van der Waals surface area contributed by atoms with Crippen LogP contribution in [0.25, 0.3) is 0 Å². The number of nitrogens with zero attached hydrogens (tertiary/aromatic N) is 3. The fourth-order valence-corrected chi connectivity index (χ4v) is 3.42. The highest BCUT2D eigenvalue weighted by molar-refractivity contribution is 5.67. The van der Waals surface area contributed by atoms with Crippen molar-refractivity contribution in [1.82, 2.24) is 15.3 Å². The first-order valence-corrected chi connectivity index (χ1v) is 8.18. The number of aliphatic hydroxyl groups excluding tert-OH is 3. The molecule has 132 valence electrons. The number of hydrogen-bond donors (Lipinski definition) is 4. The standard InChI is InChI=1S/C15H22N4O5/c20-6-11-13(21)14(22)15(24-11)9-7-23-10-5-19(8-17-12(9)10)18-3-1-16-2-4-18/h7-8,11,13-16,20-22H,1-6H2/t11-,13-,14-,15+/m1/s1. The van der Waals surface area contributed by atoms with Crippen molar-refractivity contribution in [2.75, 3.05) is 32.8 Å². The number of nitrogens with one attached hydrogen (secondary N) is 1. The fourth-order valence-electron chi connectivity index (χ4n) is 3.42. The SMILES string of the molecule is OC[C@H]1O[C@@H](c2coc3c2N=CN(N2CCNCC2)C3)[C@H](O)[C@@H]1O. The smallest absolute Gasteiger partial charge is 0.150 e. The van der Waals surface area contributed by atoms with E-state index in [1.165, 1.54) is 6.26 Å². The molecule has 3 aliphatic heterocycles.